The Balaban J connectivity index is 1.74. The van der Waals surface area contributed by atoms with Crippen molar-refractivity contribution in [3.63, 3.8) is 0 Å². The number of benzene rings is 1. The van der Waals surface area contributed by atoms with Crippen LogP contribution in [0.5, 0.6) is 0 Å². The number of carbonyl (C=O) groups excluding carboxylic acids is 1. The van der Waals surface area contributed by atoms with Gasteiger partial charge in [-0.1, -0.05) is 29.7 Å². The second-order valence-corrected chi connectivity index (χ2v) is 6.27. The van der Waals surface area contributed by atoms with Crippen molar-refractivity contribution in [2.45, 2.75) is 25.4 Å². The van der Waals surface area contributed by atoms with Crippen molar-refractivity contribution in [1.29, 1.82) is 0 Å². The van der Waals surface area contributed by atoms with Gasteiger partial charge in [-0.3, -0.25) is 4.79 Å². The molecule has 2 aliphatic rings. The predicted octanol–water partition coefficient (Wildman–Crippen LogP) is 0.483. The molecule has 0 spiro atoms. The topological polar surface area (TPSA) is 38.1 Å². The number of carbonyl (C=O) groups is 1. The molecule has 0 bridgehead atoms. The number of rotatable bonds is 3. The number of amides is 1. The number of hydrogen-bond acceptors (Lipinski definition) is 2. The molecular formula is C16H18BN3O. The number of hydrogen-bond donors (Lipinski definition) is 0. The van der Waals surface area contributed by atoms with Gasteiger partial charge >= 0.3 is 0 Å². The molecule has 2 aromatic rings. The lowest BCUT2D eigenvalue weighted by atomic mass is 9.91. The summed E-state index contributed by atoms with van der Waals surface area (Å²) in [5.41, 5.74) is 3.36. The van der Waals surface area contributed by atoms with Crippen molar-refractivity contribution in [3.05, 3.63) is 48.0 Å². The molecule has 1 saturated carbocycles. The maximum Gasteiger partial charge on any atom is 0.250 e. The summed E-state index contributed by atoms with van der Waals surface area (Å²) >= 11 is 0. The van der Waals surface area contributed by atoms with Gasteiger partial charge in [-0.2, -0.15) is 0 Å². The van der Waals surface area contributed by atoms with Crippen LogP contribution in [0.2, 0.25) is 0 Å². The average Bonchev–Trinajstić information content (AvgIpc) is 3.16. The van der Waals surface area contributed by atoms with E-state index < -0.39 is 0 Å². The summed E-state index contributed by atoms with van der Waals surface area (Å²) in [5.74, 6) is 0.916. The van der Waals surface area contributed by atoms with E-state index in [0.29, 0.717) is 12.5 Å². The van der Waals surface area contributed by atoms with Crippen LogP contribution >= 0.6 is 0 Å². The summed E-state index contributed by atoms with van der Waals surface area (Å²) < 4.78 is 2.03. The molecule has 1 aliphatic heterocycles. The Hall–Kier alpha value is -2.04. The van der Waals surface area contributed by atoms with Crippen molar-refractivity contribution in [2.75, 3.05) is 6.54 Å². The third-order valence-electron chi connectivity index (χ3n) is 4.46. The van der Waals surface area contributed by atoms with Gasteiger partial charge in [0.1, 0.15) is 13.9 Å². The average molecular weight is 279 g/mol. The SMILES string of the molecule is Bc1cccc(C2C(=O)N(CC3CC3)Cc3cncn32)c1. The van der Waals surface area contributed by atoms with Gasteiger partial charge < -0.3 is 9.47 Å². The van der Waals surface area contributed by atoms with E-state index in [9.17, 15) is 4.79 Å². The largest absolute Gasteiger partial charge is 0.334 e. The van der Waals surface area contributed by atoms with Crippen LogP contribution in [0, 0.1) is 5.92 Å². The molecule has 5 heteroatoms. The van der Waals surface area contributed by atoms with Gasteiger partial charge in [0, 0.05) is 12.7 Å². The second-order valence-electron chi connectivity index (χ2n) is 6.27. The summed E-state index contributed by atoms with van der Waals surface area (Å²) in [7, 11) is 2.06. The molecule has 4 nitrogen and oxygen atoms in total. The zero-order chi connectivity index (χ0) is 14.4. The van der Waals surface area contributed by atoms with E-state index in [-0.39, 0.29) is 11.9 Å². The minimum atomic E-state index is -0.255. The Morgan fingerprint density at radius 2 is 2.19 bits per heavy atom. The van der Waals surface area contributed by atoms with Gasteiger partial charge in [-0.05, 0) is 24.3 Å². The normalized spacial score (nSPS) is 21.4. The van der Waals surface area contributed by atoms with Crippen LogP contribution in [0.1, 0.15) is 30.1 Å². The van der Waals surface area contributed by atoms with Crippen LogP contribution in [0.25, 0.3) is 0 Å². The Kier molecular flexibility index (Phi) is 2.87. The van der Waals surface area contributed by atoms with Crippen LogP contribution in [-0.2, 0) is 11.3 Å². The van der Waals surface area contributed by atoms with Gasteiger partial charge in [-0.25, -0.2) is 4.98 Å². The Bertz CT molecular complexity index is 692. The van der Waals surface area contributed by atoms with Gasteiger partial charge in [0.25, 0.3) is 5.91 Å². The van der Waals surface area contributed by atoms with E-state index in [0.717, 1.165) is 17.8 Å². The fourth-order valence-corrected chi connectivity index (χ4v) is 3.16. The molecule has 1 unspecified atom stereocenters. The Morgan fingerprint density at radius 3 is 2.95 bits per heavy atom. The first-order valence-electron chi connectivity index (χ1n) is 7.58. The van der Waals surface area contributed by atoms with Gasteiger partial charge in [0.15, 0.2) is 0 Å². The Labute approximate surface area is 125 Å². The number of fused-ring (bicyclic) bond motifs is 1. The summed E-state index contributed by atoms with van der Waals surface area (Å²) in [4.78, 5) is 19.2. The highest BCUT2D eigenvalue weighted by molar-refractivity contribution is 6.32. The first-order valence-corrected chi connectivity index (χ1v) is 7.58. The lowest BCUT2D eigenvalue weighted by Gasteiger charge is -2.34. The van der Waals surface area contributed by atoms with E-state index in [1.807, 2.05) is 27.8 Å². The quantitative estimate of drug-likeness (QED) is 0.767. The molecule has 2 heterocycles. The van der Waals surface area contributed by atoms with Crippen LogP contribution < -0.4 is 5.46 Å². The standard InChI is InChI=1S/C16H18BN3O/c17-13-3-1-2-12(6-13)15-16(21)19(8-11-4-5-11)9-14-7-18-10-20(14)15/h1-3,6-7,10-11,15H,4-5,8-9,17H2. The van der Waals surface area contributed by atoms with E-state index in [4.69, 9.17) is 0 Å². The minimum absolute atomic E-state index is 0.206. The maximum absolute atomic E-state index is 12.9. The highest BCUT2D eigenvalue weighted by atomic mass is 16.2. The molecule has 1 atom stereocenters. The summed E-state index contributed by atoms with van der Waals surface area (Å²) in [5, 5.41) is 0. The molecule has 106 valence electrons. The van der Waals surface area contributed by atoms with Crippen molar-refractivity contribution < 1.29 is 4.79 Å². The van der Waals surface area contributed by atoms with E-state index in [2.05, 4.69) is 25.0 Å². The van der Waals surface area contributed by atoms with E-state index in [1.54, 1.807) is 6.33 Å². The number of aromatic nitrogens is 2. The summed E-state index contributed by atoms with van der Waals surface area (Å²) in [6.45, 7) is 1.59. The molecule has 0 N–H and O–H groups in total. The monoisotopic (exact) mass is 279 g/mol. The molecule has 0 radical (unpaired) electrons. The fraction of sp³-hybridized carbons (Fsp3) is 0.375. The third-order valence-corrected chi connectivity index (χ3v) is 4.46. The smallest absolute Gasteiger partial charge is 0.250 e. The molecule has 21 heavy (non-hydrogen) atoms. The van der Waals surface area contributed by atoms with Crippen LogP contribution in [0.4, 0.5) is 0 Å². The first kappa shape index (κ1) is 12.7. The summed E-state index contributed by atoms with van der Waals surface area (Å²) in [6, 6.07) is 7.98. The van der Waals surface area contributed by atoms with Gasteiger partial charge in [0.05, 0.1) is 18.6 Å². The molecule has 1 amide bonds. The maximum atomic E-state index is 12.9. The van der Waals surface area contributed by atoms with Crippen LogP contribution in [0.15, 0.2) is 36.8 Å². The van der Waals surface area contributed by atoms with Crippen molar-refractivity contribution in [3.8, 4) is 0 Å². The number of nitrogens with zero attached hydrogens (tertiary/aromatic N) is 3. The molecule has 1 aromatic heterocycles. The van der Waals surface area contributed by atoms with E-state index in [1.165, 1.54) is 18.3 Å². The molecular weight excluding hydrogens is 261 g/mol. The van der Waals surface area contributed by atoms with Crippen molar-refractivity contribution in [2.24, 2.45) is 5.92 Å². The van der Waals surface area contributed by atoms with Gasteiger partial charge in [0.2, 0.25) is 0 Å². The predicted molar refractivity (Wildman–Crippen MR) is 83.1 cm³/mol. The second kappa shape index (κ2) is 4.76. The highest BCUT2D eigenvalue weighted by Gasteiger charge is 2.36. The molecule has 1 aliphatic carbocycles. The van der Waals surface area contributed by atoms with E-state index >= 15 is 0 Å². The fourth-order valence-electron chi connectivity index (χ4n) is 3.16. The molecule has 4 rings (SSSR count). The van der Waals surface area contributed by atoms with Gasteiger partial charge in [-0.15, -0.1) is 0 Å². The zero-order valence-corrected chi connectivity index (χ0v) is 12.2. The first-order chi connectivity index (χ1) is 10.2. The van der Waals surface area contributed by atoms with Crippen molar-refractivity contribution in [1.82, 2.24) is 14.5 Å². The zero-order valence-electron chi connectivity index (χ0n) is 12.2. The summed E-state index contributed by atoms with van der Waals surface area (Å²) in [6.07, 6.45) is 6.19. The Morgan fingerprint density at radius 1 is 1.33 bits per heavy atom. The lowest BCUT2D eigenvalue weighted by Crippen LogP contribution is -2.43. The van der Waals surface area contributed by atoms with Crippen LogP contribution in [-0.4, -0.2) is 34.7 Å². The third kappa shape index (κ3) is 2.26. The molecule has 0 saturated heterocycles. The number of imidazole rings is 1. The molecule has 1 aromatic carbocycles. The minimum Gasteiger partial charge on any atom is -0.334 e. The molecule has 1 fully saturated rings. The van der Waals surface area contributed by atoms with Crippen LogP contribution in [0.3, 0.4) is 0 Å². The highest BCUT2D eigenvalue weighted by Crippen LogP contribution is 2.34. The van der Waals surface area contributed by atoms with Crippen molar-refractivity contribution >= 4 is 19.2 Å². The lowest BCUT2D eigenvalue weighted by molar-refractivity contribution is -0.136.